The molecule has 4 rings (SSSR count). The van der Waals surface area contributed by atoms with Gasteiger partial charge in [0.15, 0.2) is 16.7 Å². The second kappa shape index (κ2) is 8.21. The Kier molecular flexibility index (Phi) is 5.69. The van der Waals surface area contributed by atoms with Crippen molar-refractivity contribution in [2.24, 2.45) is 4.99 Å². The van der Waals surface area contributed by atoms with E-state index >= 15 is 0 Å². The van der Waals surface area contributed by atoms with Gasteiger partial charge < -0.3 is 14.4 Å². The van der Waals surface area contributed by atoms with Gasteiger partial charge in [-0.05, 0) is 43.2 Å². The van der Waals surface area contributed by atoms with Crippen molar-refractivity contribution in [3.05, 3.63) is 52.8 Å². The first-order valence-electron chi connectivity index (χ1n) is 9.58. The summed E-state index contributed by atoms with van der Waals surface area (Å²) in [7, 11) is 1.64. The van der Waals surface area contributed by atoms with Gasteiger partial charge in [0.05, 0.1) is 30.5 Å². The average Bonchev–Trinajstić information content (AvgIpc) is 3.29. The van der Waals surface area contributed by atoms with Crippen molar-refractivity contribution < 1.29 is 9.47 Å². The summed E-state index contributed by atoms with van der Waals surface area (Å²) in [5, 5.41) is 1.65. The molecule has 0 bridgehead atoms. The van der Waals surface area contributed by atoms with E-state index in [1.807, 2.05) is 55.2 Å². The minimum absolute atomic E-state index is 0.0342. The van der Waals surface area contributed by atoms with Crippen LogP contribution in [0.4, 0.5) is 0 Å². The summed E-state index contributed by atoms with van der Waals surface area (Å²) < 4.78 is 11.3. The van der Waals surface area contributed by atoms with Gasteiger partial charge in [-0.15, -0.1) is 0 Å². The number of aromatic nitrogens is 1. The highest BCUT2D eigenvalue weighted by molar-refractivity contribution is 8.14. The van der Waals surface area contributed by atoms with Crippen LogP contribution in [0, 0.1) is 0 Å². The second-order valence-corrected chi connectivity index (χ2v) is 8.20. The number of methoxy groups -OCH3 is 1. The number of thioether (sulfide) groups is 1. The summed E-state index contributed by atoms with van der Waals surface area (Å²) in [6.07, 6.45) is 2.89. The second-order valence-electron chi connectivity index (χ2n) is 6.80. The van der Waals surface area contributed by atoms with Crippen LogP contribution in [0.3, 0.4) is 0 Å². The van der Waals surface area contributed by atoms with E-state index in [1.54, 1.807) is 7.11 Å². The minimum atomic E-state index is -0.0724. The number of pyridine rings is 1. The highest BCUT2D eigenvalue weighted by Crippen LogP contribution is 2.50. The molecule has 3 heterocycles. The van der Waals surface area contributed by atoms with Gasteiger partial charge >= 0.3 is 0 Å². The molecule has 0 unspecified atom stereocenters. The molecule has 0 spiro atoms. The third kappa shape index (κ3) is 3.33. The molecule has 0 N–H and O–H groups in total. The van der Waals surface area contributed by atoms with Gasteiger partial charge in [0.2, 0.25) is 0 Å². The Labute approximate surface area is 175 Å². The minimum Gasteiger partial charge on any atom is -0.493 e. The molecule has 148 valence electrons. The molecule has 1 saturated heterocycles. The van der Waals surface area contributed by atoms with E-state index in [0.717, 1.165) is 28.6 Å². The first-order valence-corrected chi connectivity index (χ1v) is 10.9. The normalized spacial score (nSPS) is 23.5. The van der Waals surface area contributed by atoms with Gasteiger partial charge in [-0.1, -0.05) is 36.4 Å². The van der Waals surface area contributed by atoms with E-state index in [4.69, 9.17) is 26.1 Å². The third-order valence-corrected chi connectivity index (χ3v) is 6.62. The molecule has 1 aromatic heterocycles. The fraction of sp³-hybridized carbons (Fsp3) is 0.429. The highest BCUT2D eigenvalue weighted by atomic mass is 35.5. The molecule has 28 heavy (non-hydrogen) atoms. The van der Waals surface area contributed by atoms with E-state index in [2.05, 4.69) is 16.8 Å². The molecule has 2 aromatic rings. The molecule has 1 aromatic carbocycles. The maximum absolute atomic E-state index is 6.60. The Morgan fingerprint density at radius 2 is 2.14 bits per heavy atom. The van der Waals surface area contributed by atoms with Gasteiger partial charge in [0, 0.05) is 18.0 Å². The van der Waals surface area contributed by atoms with Crippen LogP contribution in [-0.4, -0.2) is 40.6 Å². The van der Waals surface area contributed by atoms with E-state index in [-0.39, 0.29) is 12.1 Å². The van der Waals surface area contributed by atoms with Crippen LogP contribution in [0.25, 0.3) is 0 Å². The zero-order valence-corrected chi connectivity index (χ0v) is 17.8. The number of hydrogen-bond donors (Lipinski definition) is 0. The predicted molar refractivity (Wildman–Crippen MR) is 115 cm³/mol. The van der Waals surface area contributed by atoms with Gasteiger partial charge in [-0.3, -0.25) is 9.98 Å². The quantitative estimate of drug-likeness (QED) is 0.652. The fourth-order valence-corrected chi connectivity index (χ4v) is 5.52. The summed E-state index contributed by atoms with van der Waals surface area (Å²) in [6, 6.07) is 10.4. The number of ether oxygens (including phenoxy) is 2. The van der Waals surface area contributed by atoms with Crippen molar-refractivity contribution in [2.45, 2.75) is 38.4 Å². The zero-order valence-electron chi connectivity index (χ0n) is 16.3. The molecular weight excluding hydrogens is 394 g/mol. The summed E-state index contributed by atoms with van der Waals surface area (Å²) in [4.78, 5) is 12.1. The van der Waals surface area contributed by atoms with E-state index in [1.165, 1.54) is 0 Å². The van der Waals surface area contributed by atoms with Crippen molar-refractivity contribution in [2.75, 3.05) is 19.5 Å². The topological polar surface area (TPSA) is 47.0 Å². The summed E-state index contributed by atoms with van der Waals surface area (Å²) in [5.74, 6) is 2.30. The number of nitrogens with zero attached hydrogens (tertiary/aromatic N) is 3. The lowest BCUT2D eigenvalue weighted by molar-refractivity contribution is 0.254. The molecule has 2 aliphatic heterocycles. The number of aliphatic imine (C=N–C) groups is 1. The molecule has 0 amide bonds. The Morgan fingerprint density at radius 1 is 1.29 bits per heavy atom. The summed E-state index contributed by atoms with van der Waals surface area (Å²) in [5.41, 5.74) is 2.04. The first kappa shape index (κ1) is 19.4. The molecule has 0 saturated carbocycles. The van der Waals surface area contributed by atoms with Crippen LogP contribution in [-0.2, 0) is 0 Å². The molecule has 0 aliphatic carbocycles. The number of rotatable bonds is 6. The Morgan fingerprint density at radius 3 is 2.82 bits per heavy atom. The summed E-state index contributed by atoms with van der Waals surface area (Å²) in [6.45, 7) is 4.69. The van der Waals surface area contributed by atoms with Crippen molar-refractivity contribution >= 4 is 28.5 Å². The number of amidine groups is 1. The lowest BCUT2D eigenvalue weighted by Crippen LogP contribution is -2.35. The number of hydrogen-bond acceptors (Lipinski definition) is 6. The van der Waals surface area contributed by atoms with Crippen LogP contribution in [0.2, 0.25) is 5.02 Å². The molecule has 5 nitrogen and oxygen atoms in total. The third-order valence-electron chi connectivity index (χ3n) is 5.21. The lowest BCUT2D eigenvalue weighted by atomic mass is 9.95. The zero-order chi connectivity index (χ0) is 19.7. The molecular formula is C21H24ClN3O2S. The van der Waals surface area contributed by atoms with Crippen LogP contribution in [0.15, 0.2) is 41.5 Å². The van der Waals surface area contributed by atoms with Crippen molar-refractivity contribution in [3.63, 3.8) is 0 Å². The Hall–Kier alpha value is -1.92. The average molecular weight is 418 g/mol. The number of benzene rings is 1. The predicted octanol–water partition coefficient (Wildman–Crippen LogP) is 5.12. The summed E-state index contributed by atoms with van der Waals surface area (Å²) >= 11 is 8.42. The molecule has 0 radical (unpaired) electrons. The smallest absolute Gasteiger partial charge is 0.179 e. The van der Waals surface area contributed by atoms with E-state index < -0.39 is 0 Å². The lowest BCUT2D eigenvalue weighted by Gasteiger charge is -2.32. The number of halogens is 1. The fourth-order valence-electron chi connectivity index (χ4n) is 3.90. The van der Waals surface area contributed by atoms with Gasteiger partial charge in [0.1, 0.15) is 6.04 Å². The van der Waals surface area contributed by atoms with Crippen LogP contribution < -0.4 is 9.47 Å². The van der Waals surface area contributed by atoms with Crippen LogP contribution >= 0.6 is 23.4 Å². The van der Waals surface area contributed by atoms with E-state index in [0.29, 0.717) is 29.2 Å². The van der Waals surface area contributed by atoms with Crippen LogP contribution in [0.1, 0.15) is 43.6 Å². The monoisotopic (exact) mass is 417 g/mol. The van der Waals surface area contributed by atoms with Crippen molar-refractivity contribution in [1.29, 1.82) is 0 Å². The Balaban J connectivity index is 1.81. The van der Waals surface area contributed by atoms with Crippen molar-refractivity contribution in [3.8, 4) is 11.5 Å². The largest absolute Gasteiger partial charge is 0.493 e. The Bertz CT molecular complexity index is 877. The van der Waals surface area contributed by atoms with Gasteiger partial charge in [-0.2, -0.15) is 0 Å². The van der Waals surface area contributed by atoms with Crippen LogP contribution in [0.5, 0.6) is 11.5 Å². The maximum Gasteiger partial charge on any atom is 0.179 e. The molecule has 1 fully saturated rings. The standard InChI is InChI=1S/C21H24ClN3O2S/c1-4-14-12-28-21-24-18(16-8-6-7-9-23-16)19(25(14)21)13-10-15(22)20(27-5-2)17(11-13)26-3/h6-11,14,18-19H,4-5,12H2,1-3H3/t14-,18+,19+/m0/s1. The highest BCUT2D eigenvalue weighted by Gasteiger charge is 2.45. The molecule has 3 atom stereocenters. The molecule has 7 heteroatoms. The first-order chi connectivity index (χ1) is 13.7. The van der Waals surface area contributed by atoms with Crippen molar-refractivity contribution in [1.82, 2.24) is 9.88 Å². The molecule has 2 aliphatic rings. The SMILES string of the molecule is CCOc1c(Cl)cc([C@@H]2[C@@H](c3ccccn3)N=C3SC[C@H](CC)N32)cc1OC. The number of fused-ring (bicyclic) bond motifs is 1. The maximum atomic E-state index is 6.60. The van der Waals surface area contributed by atoms with Gasteiger partial charge in [0.25, 0.3) is 0 Å². The van der Waals surface area contributed by atoms with Gasteiger partial charge in [-0.25, -0.2) is 0 Å². The van der Waals surface area contributed by atoms with E-state index in [9.17, 15) is 0 Å².